The van der Waals surface area contributed by atoms with Gasteiger partial charge in [-0.1, -0.05) is 15.9 Å². The van der Waals surface area contributed by atoms with Gasteiger partial charge in [0, 0.05) is 24.2 Å². The second-order valence-corrected chi connectivity index (χ2v) is 5.27. The quantitative estimate of drug-likeness (QED) is 0.818. The van der Waals surface area contributed by atoms with Crippen molar-refractivity contribution in [2.45, 2.75) is 6.42 Å². The fourth-order valence-corrected chi connectivity index (χ4v) is 2.21. The van der Waals surface area contributed by atoms with E-state index in [1.165, 1.54) is 6.07 Å². The van der Waals surface area contributed by atoms with Gasteiger partial charge in [-0.3, -0.25) is 0 Å². The Kier molecular flexibility index (Phi) is 5.41. The fourth-order valence-electron chi connectivity index (χ4n) is 1.88. The number of rotatable bonds is 6. The van der Waals surface area contributed by atoms with Crippen molar-refractivity contribution in [1.82, 2.24) is 5.32 Å². The highest BCUT2D eigenvalue weighted by atomic mass is 79.9. The second kappa shape index (κ2) is 7.07. The highest BCUT2D eigenvalue weighted by molar-refractivity contribution is 9.10. The molecule has 0 spiro atoms. The van der Waals surface area contributed by atoms with Crippen LogP contribution in [0.4, 0.5) is 4.39 Å². The van der Waals surface area contributed by atoms with Crippen LogP contribution in [-0.2, 0) is 4.74 Å². The lowest BCUT2D eigenvalue weighted by Gasteiger charge is -2.10. The molecule has 0 amide bonds. The number of hydrogen-bond acceptors (Lipinski definition) is 3. The fraction of sp³-hybridized carbons (Fsp3) is 0.538. The molecule has 100 valence electrons. The normalized spacial score (nSPS) is 19.1. The first-order valence-corrected chi connectivity index (χ1v) is 6.91. The average molecular weight is 318 g/mol. The number of halogens is 2. The molecule has 1 atom stereocenters. The lowest BCUT2D eigenvalue weighted by Crippen LogP contribution is -2.27. The van der Waals surface area contributed by atoms with Gasteiger partial charge in [-0.2, -0.15) is 0 Å². The van der Waals surface area contributed by atoms with E-state index in [-0.39, 0.29) is 5.82 Å². The van der Waals surface area contributed by atoms with Gasteiger partial charge in [0.25, 0.3) is 0 Å². The summed E-state index contributed by atoms with van der Waals surface area (Å²) in [5.74, 6) is 0.562. The SMILES string of the molecule is Fc1cc(Br)ccc1OCCNCC1CCOC1. The van der Waals surface area contributed by atoms with E-state index >= 15 is 0 Å². The molecule has 1 heterocycles. The zero-order valence-electron chi connectivity index (χ0n) is 10.1. The van der Waals surface area contributed by atoms with Crippen LogP contribution in [-0.4, -0.2) is 32.9 Å². The van der Waals surface area contributed by atoms with E-state index in [0.29, 0.717) is 29.3 Å². The Hall–Kier alpha value is -0.650. The molecule has 18 heavy (non-hydrogen) atoms. The highest BCUT2D eigenvalue weighted by Crippen LogP contribution is 2.21. The zero-order chi connectivity index (χ0) is 12.8. The van der Waals surface area contributed by atoms with Crippen LogP contribution in [0.3, 0.4) is 0 Å². The summed E-state index contributed by atoms with van der Waals surface area (Å²) in [6.07, 6.45) is 1.12. The van der Waals surface area contributed by atoms with Gasteiger partial charge in [0.1, 0.15) is 6.61 Å². The molecule has 1 fully saturated rings. The number of nitrogens with one attached hydrogen (secondary N) is 1. The summed E-state index contributed by atoms with van der Waals surface area (Å²) < 4.78 is 24.8. The summed E-state index contributed by atoms with van der Waals surface area (Å²) in [6.45, 7) is 3.83. The van der Waals surface area contributed by atoms with Gasteiger partial charge < -0.3 is 14.8 Å². The standard InChI is InChI=1S/C13H17BrFNO2/c14-11-1-2-13(12(15)7-11)18-6-4-16-8-10-3-5-17-9-10/h1-2,7,10,16H,3-6,8-9H2. The summed E-state index contributed by atoms with van der Waals surface area (Å²) in [7, 11) is 0. The van der Waals surface area contributed by atoms with E-state index in [0.717, 1.165) is 26.2 Å². The van der Waals surface area contributed by atoms with Crippen LogP contribution in [0.15, 0.2) is 22.7 Å². The van der Waals surface area contributed by atoms with Crippen LogP contribution >= 0.6 is 15.9 Å². The highest BCUT2D eigenvalue weighted by Gasteiger charge is 2.14. The molecule has 1 saturated heterocycles. The summed E-state index contributed by atoms with van der Waals surface area (Å²) in [5, 5.41) is 3.29. The molecule has 1 aromatic carbocycles. The largest absolute Gasteiger partial charge is 0.489 e. The van der Waals surface area contributed by atoms with Crippen molar-refractivity contribution in [2.24, 2.45) is 5.92 Å². The summed E-state index contributed by atoms with van der Waals surface area (Å²) in [5.41, 5.74) is 0. The van der Waals surface area contributed by atoms with Gasteiger partial charge in [-0.15, -0.1) is 0 Å². The van der Waals surface area contributed by atoms with Gasteiger partial charge in [-0.25, -0.2) is 4.39 Å². The van der Waals surface area contributed by atoms with Crippen LogP contribution in [0.25, 0.3) is 0 Å². The maximum Gasteiger partial charge on any atom is 0.166 e. The first-order valence-electron chi connectivity index (χ1n) is 6.12. The molecule has 0 aromatic heterocycles. The first-order chi connectivity index (χ1) is 8.75. The Morgan fingerprint density at radius 2 is 2.39 bits per heavy atom. The van der Waals surface area contributed by atoms with Crippen LogP contribution in [0.5, 0.6) is 5.75 Å². The molecule has 0 aliphatic carbocycles. The first kappa shape index (κ1) is 13.8. The van der Waals surface area contributed by atoms with Crippen LogP contribution in [0.1, 0.15) is 6.42 Å². The van der Waals surface area contributed by atoms with E-state index < -0.39 is 0 Å². The lowest BCUT2D eigenvalue weighted by atomic mass is 10.1. The molecule has 0 radical (unpaired) electrons. The summed E-state index contributed by atoms with van der Waals surface area (Å²) in [6, 6.07) is 4.80. The monoisotopic (exact) mass is 317 g/mol. The molecule has 3 nitrogen and oxygen atoms in total. The van der Waals surface area contributed by atoms with Crippen molar-refractivity contribution in [3.05, 3.63) is 28.5 Å². The Labute approximate surface area is 115 Å². The maximum atomic E-state index is 13.4. The van der Waals surface area contributed by atoms with Gasteiger partial charge in [0.05, 0.1) is 6.61 Å². The van der Waals surface area contributed by atoms with Gasteiger partial charge in [0.15, 0.2) is 11.6 Å². The predicted molar refractivity (Wildman–Crippen MR) is 71.4 cm³/mol. The third-order valence-corrected chi connectivity index (χ3v) is 3.38. The van der Waals surface area contributed by atoms with E-state index in [2.05, 4.69) is 21.2 Å². The number of benzene rings is 1. The molecular formula is C13H17BrFNO2. The minimum Gasteiger partial charge on any atom is -0.489 e. The molecule has 1 unspecified atom stereocenters. The van der Waals surface area contributed by atoms with Crippen LogP contribution in [0.2, 0.25) is 0 Å². The van der Waals surface area contributed by atoms with Gasteiger partial charge in [0.2, 0.25) is 0 Å². The molecule has 1 N–H and O–H groups in total. The van der Waals surface area contributed by atoms with E-state index in [4.69, 9.17) is 9.47 Å². The van der Waals surface area contributed by atoms with E-state index in [1.807, 2.05) is 0 Å². The third kappa shape index (κ3) is 4.23. The minimum atomic E-state index is -0.339. The third-order valence-electron chi connectivity index (χ3n) is 2.89. The van der Waals surface area contributed by atoms with E-state index in [9.17, 15) is 4.39 Å². The van der Waals surface area contributed by atoms with Crippen molar-refractivity contribution >= 4 is 15.9 Å². The summed E-state index contributed by atoms with van der Waals surface area (Å²) in [4.78, 5) is 0. The van der Waals surface area contributed by atoms with Crippen molar-refractivity contribution in [3.8, 4) is 5.75 Å². The van der Waals surface area contributed by atoms with Crippen LogP contribution in [0, 0.1) is 11.7 Å². The topological polar surface area (TPSA) is 30.5 Å². The molecule has 0 saturated carbocycles. The van der Waals surface area contributed by atoms with E-state index in [1.54, 1.807) is 12.1 Å². The average Bonchev–Trinajstić information content (AvgIpc) is 2.84. The molecule has 1 aromatic rings. The zero-order valence-corrected chi connectivity index (χ0v) is 11.7. The molecule has 1 aliphatic rings. The lowest BCUT2D eigenvalue weighted by molar-refractivity contribution is 0.184. The van der Waals surface area contributed by atoms with Crippen molar-refractivity contribution in [3.63, 3.8) is 0 Å². The Balaban J connectivity index is 1.62. The minimum absolute atomic E-state index is 0.296. The molecule has 5 heteroatoms. The maximum absolute atomic E-state index is 13.4. The van der Waals surface area contributed by atoms with Crippen molar-refractivity contribution in [2.75, 3.05) is 32.9 Å². The molecular weight excluding hydrogens is 301 g/mol. The van der Waals surface area contributed by atoms with Gasteiger partial charge in [-0.05, 0) is 30.5 Å². The number of hydrogen-bond donors (Lipinski definition) is 1. The Morgan fingerprint density at radius 3 is 3.11 bits per heavy atom. The Bertz CT molecular complexity index is 383. The van der Waals surface area contributed by atoms with Crippen LogP contribution < -0.4 is 10.1 Å². The number of ether oxygens (including phenoxy) is 2. The Morgan fingerprint density at radius 1 is 1.50 bits per heavy atom. The van der Waals surface area contributed by atoms with Crippen molar-refractivity contribution < 1.29 is 13.9 Å². The predicted octanol–water partition coefficient (Wildman–Crippen LogP) is 2.59. The summed E-state index contributed by atoms with van der Waals surface area (Å²) >= 11 is 3.21. The molecule has 1 aliphatic heterocycles. The smallest absolute Gasteiger partial charge is 0.166 e. The second-order valence-electron chi connectivity index (χ2n) is 4.36. The molecule has 2 rings (SSSR count). The van der Waals surface area contributed by atoms with Crippen molar-refractivity contribution in [1.29, 1.82) is 0 Å². The molecule has 0 bridgehead atoms. The van der Waals surface area contributed by atoms with Gasteiger partial charge >= 0.3 is 0 Å².